The number of aromatic nitrogens is 3. The van der Waals surface area contributed by atoms with E-state index in [2.05, 4.69) is 22.4 Å². The van der Waals surface area contributed by atoms with E-state index in [4.69, 9.17) is 4.74 Å². The van der Waals surface area contributed by atoms with Gasteiger partial charge in [0, 0.05) is 18.7 Å². The molecule has 0 aromatic carbocycles. The number of rotatable bonds is 5. The van der Waals surface area contributed by atoms with Crippen molar-refractivity contribution < 1.29 is 4.74 Å². The van der Waals surface area contributed by atoms with Crippen LogP contribution >= 0.6 is 11.8 Å². The molecule has 6 nitrogen and oxygen atoms in total. The number of hydrogen-bond donors (Lipinski definition) is 2. The number of hydrogen-bond acceptors (Lipinski definition) is 5. The maximum atomic E-state index is 11.7. The third kappa shape index (κ3) is 3.40. The fourth-order valence-electron chi connectivity index (χ4n) is 2.29. The molecule has 2 rings (SSSR count). The lowest BCUT2D eigenvalue weighted by Crippen LogP contribution is -2.44. The monoisotopic (exact) mass is 286 g/mol. The molecule has 2 atom stereocenters. The molecule has 1 aromatic heterocycles. The van der Waals surface area contributed by atoms with E-state index in [-0.39, 0.29) is 11.7 Å². The van der Waals surface area contributed by atoms with Crippen molar-refractivity contribution in [3.63, 3.8) is 0 Å². The van der Waals surface area contributed by atoms with Crippen molar-refractivity contribution in [1.82, 2.24) is 20.1 Å². The summed E-state index contributed by atoms with van der Waals surface area (Å²) in [5.74, 6) is 0. The van der Waals surface area contributed by atoms with E-state index in [1.807, 2.05) is 13.8 Å². The smallest absolute Gasteiger partial charge is 0.344 e. The van der Waals surface area contributed by atoms with Gasteiger partial charge in [-0.2, -0.15) is 0 Å². The third-order valence-electron chi connectivity index (χ3n) is 3.22. The van der Waals surface area contributed by atoms with Gasteiger partial charge in [-0.05, 0) is 26.8 Å². The number of nitrogens with zero attached hydrogens (tertiary/aromatic N) is 2. The lowest BCUT2D eigenvalue weighted by molar-refractivity contribution is 0.0835. The number of ether oxygens (including phenoxy) is 1. The second kappa shape index (κ2) is 6.58. The minimum atomic E-state index is -0.144. The van der Waals surface area contributed by atoms with Crippen LogP contribution in [0.1, 0.15) is 33.2 Å². The quantitative estimate of drug-likeness (QED) is 0.845. The summed E-state index contributed by atoms with van der Waals surface area (Å²) in [4.78, 5) is 11.7. The first kappa shape index (κ1) is 14.6. The summed E-state index contributed by atoms with van der Waals surface area (Å²) in [6.45, 7) is 8.52. The maximum absolute atomic E-state index is 11.7. The average Bonchev–Trinajstić information content (AvgIpc) is 2.73. The zero-order valence-corrected chi connectivity index (χ0v) is 12.5. The molecule has 2 N–H and O–H groups in total. The Bertz CT molecular complexity index is 455. The number of aromatic amines is 1. The molecule has 2 unspecified atom stereocenters. The molecule has 1 aromatic rings. The SMILES string of the molecule is CCNC1CCOCC1Sc1n[nH]c(=O)n1C(C)C. The van der Waals surface area contributed by atoms with Crippen LogP contribution in [0, 0.1) is 0 Å². The summed E-state index contributed by atoms with van der Waals surface area (Å²) in [6.07, 6.45) is 1.00. The molecule has 1 aliphatic heterocycles. The normalized spacial score (nSPS) is 24.0. The molecule has 7 heteroatoms. The van der Waals surface area contributed by atoms with Gasteiger partial charge < -0.3 is 10.1 Å². The highest BCUT2D eigenvalue weighted by Gasteiger charge is 2.28. The molecule has 0 radical (unpaired) electrons. The molecule has 0 spiro atoms. The molecule has 0 amide bonds. The van der Waals surface area contributed by atoms with Crippen molar-refractivity contribution in [1.29, 1.82) is 0 Å². The van der Waals surface area contributed by atoms with Crippen molar-refractivity contribution in [3.8, 4) is 0 Å². The topological polar surface area (TPSA) is 71.9 Å². The van der Waals surface area contributed by atoms with E-state index < -0.39 is 0 Å². The van der Waals surface area contributed by atoms with Crippen LogP contribution in [0.3, 0.4) is 0 Å². The van der Waals surface area contributed by atoms with Crippen molar-refractivity contribution >= 4 is 11.8 Å². The third-order valence-corrected chi connectivity index (χ3v) is 4.48. The molecular weight excluding hydrogens is 264 g/mol. The lowest BCUT2D eigenvalue weighted by Gasteiger charge is -2.31. The van der Waals surface area contributed by atoms with Crippen LogP contribution in [0.15, 0.2) is 9.95 Å². The van der Waals surface area contributed by atoms with E-state index in [1.54, 1.807) is 16.3 Å². The summed E-state index contributed by atoms with van der Waals surface area (Å²) in [6, 6.07) is 0.520. The predicted octanol–water partition coefficient (Wildman–Crippen LogP) is 1.01. The Kier molecular flexibility index (Phi) is 5.06. The molecule has 0 saturated carbocycles. The second-order valence-corrected chi connectivity index (χ2v) is 6.17. The molecule has 19 heavy (non-hydrogen) atoms. The van der Waals surface area contributed by atoms with Crippen molar-refractivity contribution in [2.45, 2.75) is 49.7 Å². The zero-order valence-electron chi connectivity index (χ0n) is 11.7. The minimum Gasteiger partial charge on any atom is -0.380 e. The largest absolute Gasteiger partial charge is 0.380 e. The van der Waals surface area contributed by atoms with Gasteiger partial charge in [0.25, 0.3) is 0 Å². The molecular formula is C12H22N4O2S. The van der Waals surface area contributed by atoms with E-state index in [0.717, 1.165) is 24.7 Å². The number of thioether (sulfide) groups is 1. The van der Waals surface area contributed by atoms with Crippen LogP contribution in [0.25, 0.3) is 0 Å². The number of nitrogens with one attached hydrogen (secondary N) is 2. The van der Waals surface area contributed by atoms with Crippen LogP contribution in [0.2, 0.25) is 0 Å². The summed E-state index contributed by atoms with van der Waals surface area (Å²) in [5, 5.41) is 11.2. The van der Waals surface area contributed by atoms with E-state index in [1.165, 1.54) is 0 Å². The summed E-state index contributed by atoms with van der Waals surface area (Å²) >= 11 is 1.62. The van der Waals surface area contributed by atoms with Crippen molar-refractivity contribution in [3.05, 3.63) is 10.5 Å². The first-order valence-corrected chi connectivity index (χ1v) is 7.66. The highest BCUT2D eigenvalue weighted by Crippen LogP contribution is 2.28. The van der Waals surface area contributed by atoms with Crippen LogP contribution in [-0.2, 0) is 4.74 Å². The Morgan fingerprint density at radius 2 is 2.42 bits per heavy atom. The van der Waals surface area contributed by atoms with Gasteiger partial charge in [0.05, 0.1) is 11.9 Å². The Morgan fingerprint density at radius 3 is 3.11 bits per heavy atom. The maximum Gasteiger partial charge on any atom is 0.344 e. The predicted molar refractivity (Wildman–Crippen MR) is 75.8 cm³/mol. The lowest BCUT2D eigenvalue weighted by atomic mass is 10.1. The van der Waals surface area contributed by atoms with Gasteiger partial charge in [-0.3, -0.25) is 4.57 Å². The fraction of sp³-hybridized carbons (Fsp3) is 0.833. The van der Waals surface area contributed by atoms with E-state index in [9.17, 15) is 4.79 Å². The van der Waals surface area contributed by atoms with Gasteiger partial charge in [-0.25, -0.2) is 9.89 Å². The molecule has 0 aliphatic carbocycles. The van der Waals surface area contributed by atoms with Gasteiger partial charge >= 0.3 is 5.69 Å². The number of H-pyrrole nitrogens is 1. The van der Waals surface area contributed by atoms with Crippen LogP contribution in [0.4, 0.5) is 0 Å². The van der Waals surface area contributed by atoms with Gasteiger partial charge in [-0.15, -0.1) is 5.10 Å². The van der Waals surface area contributed by atoms with Gasteiger partial charge in [0.15, 0.2) is 5.16 Å². The van der Waals surface area contributed by atoms with E-state index >= 15 is 0 Å². The van der Waals surface area contributed by atoms with Crippen LogP contribution < -0.4 is 11.0 Å². The highest BCUT2D eigenvalue weighted by atomic mass is 32.2. The molecule has 2 heterocycles. The molecule has 1 saturated heterocycles. The van der Waals surface area contributed by atoms with E-state index in [0.29, 0.717) is 17.9 Å². The standard InChI is InChI=1S/C12H22N4O2S/c1-4-13-9-5-6-18-7-10(9)19-12-15-14-11(17)16(12)8(2)3/h8-10,13H,4-7H2,1-3H3,(H,14,17). The molecule has 0 bridgehead atoms. The van der Waals surface area contributed by atoms with Crippen molar-refractivity contribution in [2.24, 2.45) is 0 Å². The highest BCUT2D eigenvalue weighted by molar-refractivity contribution is 7.99. The summed E-state index contributed by atoms with van der Waals surface area (Å²) < 4.78 is 7.25. The first-order chi connectivity index (χ1) is 9.13. The Morgan fingerprint density at radius 1 is 1.63 bits per heavy atom. The molecule has 108 valence electrons. The Hall–Kier alpha value is -0.790. The zero-order chi connectivity index (χ0) is 13.8. The minimum absolute atomic E-state index is 0.107. The average molecular weight is 286 g/mol. The van der Waals surface area contributed by atoms with Gasteiger partial charge in [0.1, 0.15) is 0 Å². The van der Waals surface area contributed by atoms with Crippen LogP contribution in [0.5, 0.6) is 0 Å². The Balaban J connectivity index is 2.13. The van der Waals surface area contributed by atoms with Gasteiger partial charge in [0.2, 0.25) is 0 Å². The van der Waals surface area contributed by atoms with Gasteiger partial charge in [-0.1, -0.05) is 18.7 Å². The Labute approximate surface area is 117 Å². The van der Waals surface area contributed by atoms with Crippen molar-refractivity contribution in [2.75, 3.05) is 19.8 Å². The van der Waals surface area contributed by atoms with Crippen LogP contribution in [-0.4, -0.2) is 45.8 Å². The molecule has 1 aliphatic rings. The summed E-state index contributed by atoms with van der Waals surface area (Å²) in [7, 11) is 0. The summed E-state index contributed by atoms with van der Waals surface area (Å²) in [5.41, 5.74) is -0.144. The molecule has 1 fully saturated rings. The first-order valence-electron chi connectivity index (χ1n) is 6.78. The second-order valence-electron chi connectivity index (χ2n) is 4.96. The fourth-order valence-corrected chi connectivity index (χ4v) is 3.63.